The molecule has 23 heavy (non-hydrogen) atoms. The fraction of sp³-hybridized carbons (Fsp3) is 0.421. The first-order valence-corrected chi connectivity index (χ1v) is 9.32. The van der Waals surface area contributed by atoms with Crippen LogP contribution in [0.3, 0.4) is 0 Å². The molecule has 0 saturated heterocycles. The van der Waals surface area contributed by atoms with Gasteiger partial charge in [0.05, 0.1) is 4.88 Å². The number of amides is 1. The number of hydrogen-bond acceptors (Lipinski definition) is 2. The van der Waals surface area contributed by atoms with Crippen molar-refractivity contribution < 1.29 is 4.79 Å². The maximum Gasteiger partial charge on any atom is 0.261 e. The molecule has 0 fully saturated rings. The van der Waals surface area contributed by atoms with E-state index in [0.717, 1.165) is 34.1 Å². The summed E-state index contributed by atoms with van der Waals surface area (Å²) in [5.74, 6) is 0.732. The number of carbonyl (C=O) groups is 1. The van der Waals surface area contributed by atoms with Crippen LogP contribution < -0.4 is 5.32 Å². The molecular formula is C19H24ClNOS. The normalized spacial score (nSPS) is 12.4. The predicted octanol–water partition coefficient (Wildman–Crippen LogP) is 6.01. The van der Waals surface area contributed by atoms with E-state index in [1.54, 1.807) is 0 Å². The minimum Gasteiger partial charge on any atom is -0.349 e. The average Bonchev–Trinajstić information content (AvgIpc) is 2.96. The summed E-state index contributed by atoms with van der Waals surface area (Å²) < 4.78 is 0. The van der Waals surface area contributed by atoms with Gasteiger partial charge in [-0.15, -0.1) is 11.3 Å². The molecule has 0 aliphatic heterocycles. The quantitative estimate of drug-likeness (QED) is 0.651. The molecule has 124 valence electrons. The number of carbonyl (C=O) groups excluding carboxylic acids is 1. The van der Waals surface area contributed by atoms with Crippen LogP contribution in [0.15, 0.2) is 36.4 Å². The van der Waals surface area contributed by atoms with E-state index in [4.69, 9.17) is 11.6 Å². The van der Waals surface area contributed by atoms with Gasteiger partial charge in [-0.3, -0.25) is 4.79 Å². The fourth-order valence-electron chi connectivity index (χ4n) is 2.46. The Morgan fingerprint density at radius 3 is 2.65 bits per heavy atom. The van der Waals surface area contributed by atoms with Crippen molar-refractivity contribution in [1.82, 2.24) is 5.32 Å². The van der Waals surface area contributed by atoms with Crippen molar-refractivity contribution in [3.05, 3.63) is 46.3 Å². The average molecular weight is 350 g/mol. The molecule has 1 atom stereocenters. The topological polar surface area (TPSA) is 29.1 Å². The van der Waals surface area contributed by atoms with Crippen molar-refractivity contribution in [3.8, 4) is 10.4 Å². The SMILES string of the molecule is CC(C)CCC[C@H](C)NC(=O)c1ccc(-c2cccc(Cl)c2)s1. The molecule has 0 aliphatic rings. The van der Waals surface area contributed by atoms with Crippen molar-refractivity contribution in [3.63, 3.8) is 0 Å². The van der Waals surface area contributed by atoms with Gasteiger partial charge in [0.15, 0.2) is 0 Å². The first kappa shape index (κ1) is 18.0. The minimum absolute atomic E-state index is 0.0142. The lowest BCUT2D eigenvalue weighted by Gasteiger charge is -2.13. The fourth-order valence-corrected chi connectivity index (χ4v) is 3.55. The highest BCUT2D eigenvalue weighted by molar-refractivity contribution is 7.17. The monoisotopic (exact) mass is 349 g/mol. The molecule has 0 saturated carbocycles. The van der Waals surface area contributed by atoms with Crippen LogP contribution in [0.1, 0.15) is 49.7 Å². The zero-order chi connectivity index (χ0) is 16.8. The largest absolute Gasteiger partial charge is 0.349 e. The Hall–Kier alpha value is -1.32. The van der Waals surface area contributed by atoms with Gasteiger partial charge in [-0.25, -0.2) is 0 Å². The van der Waals surface area contributed by atoms with Gasteiger partial charge >= 0.3 is 0 Å². The smallest absolute Gasteiger partial charge is 0.261 e. The lowest BCUT2D eigenvalue weighted by Crippen LogP contribution is -2.31. The van der Waals surface area contributed by atoms with Crippen molar-refractivity contribution in [2.45, 2.75) is 46.1 Å². The first-order chi connectivity index (χ1) is 11.0. The third-order valence-electron chi connectivity index (χ3n) is 3.74. The van der Waals surface area contributed by atoms with Crippen LogP contribution in [0.4, 0.5) is 0 Å². The Balaban J connectivity index is 1.93. The van der Waals surface area contributed by atoms with E-state index < -0.39 is 0 Å². The van der Waals surface area contributed by atoms with Gasteiger partial charge in [0.1, 0.15) is 0 Å². The highest BCUT2D eigenvalue weighted by Gasteiger charge is 2.13. The summed E-state index contributed by atoms with van der Waals surface area (Å²) in [5, 5.41) is 3.80. The van der Waals surface area contributed by atoms with E-state index >= 15 is 0 Å². The Bertz CT molecular complexity index is 650. The molecule has 2 rings (SSSR count). The van der Waals surface area contributed by atoms with Gasteiger partial charge < -0.3 is 5.32 Å². The van der Waals surface area contributed by atoms with Crippen LogP contribution in [0.2, 0.25) is 5.02 Å². The first-order valence-electron chi connectivity index (χ1n) is 8.12. The number of thiophene rings is 1. The Morgan fingerprint density at radius 2 is 1.96 bits per heavy atom. The van der Waals surface area contributed by atoms with Crippen molar-refractivity contribution in [2.24, 2.45) is 5.92 Å². The Labute approximate surface area is 147 Å². The number of rotatable bonds is 7. The van der Waals surface area contributed by atoms with Crippen LogP contribution in [0.5, 0.6) is 0 Å². The Kier molecular flexibility index (Phi) is 6.67. The van der Waals surface area contributed by atoms with Gasteiger partial charge in [0.25, 0.3) is 5.91 Å². The number of nitrogens with one attached hydrogen (secondary N) is 1. The molecule has 0 unspecified atom stereocenters. The van der Waals surface area contributed by atoms with E-state index in [2.05, 4.69) is 26.1 Å². The second-order valence-corrected chi connectivity index (χ2v) is 7.89. The molecule has 2 aromatic rings. The van der Waals surface area contributed by atoms with E-state index in [0.29, 0.717) is 5.02 Å². The molecule has 0 spiro atoms. The van der Waals surface area contributed by atoms with Crippen LogP contribution >= 0.6 is 22.9 Å². The summed E-state index contributed by atoms with van der Waals surface area (Å²) in [6.07, 6.45) is 3.38. The van der Waals surface area contributed by atoms with E-state index in [1.165, 1.54) is 17.8 Å². The van der Waals surface area contributed by atoms with E-state index in [9.17, 15) is 4.79 Å². The van der Waals surface area contributed by atoms with E-state index in [-0.39, 0.29) is 11.9 Å². The number of halogens is 1. The molecule has 1 aromatic heterocycles. The van der Waals surface area contributed by atoms with Crippen LogP contribution in [-0.4, -0.2) is 11.9 Å². The standard InChI is InChI=1S/C19H24ClNOS/c1-13(2)6-4-7-14(3)21-19(22)18-11-10-17(23-18)15-8-5-9-16(20)12-15/h5,8-14H,4,6-7H2,1-3H3,(H,21,22)/t14-/m0/s1. The lowest BCUT2D eigenvalue weighted by atomic mass is 10.0. The summed E-state index contributed by atoms with van der Waals surface area (Å²) in [6, 6.07) is 11.8. The zero-order valence-electron chi connectivity index (χ0n) is 13.9. The minimum atomic E-state index is 0.0142. The van der Waals surface area contributed by atoms with E-state index in [1.807, 2.05) is 36.4 Å². The van der Waals surface area contributed by atoms with Gasteiger partial charge in [0.2, 0.25) is 0 Å². The predicted molar refractivity (Wildman–Crippen MR) is 100 cm³/mol. The summed E-state index contributed by atoms with van der Waals surface area (Å²) in [4.78, 5) is 14.1. The third kappa shape index (κ3) is 5.67. The van der Waals surface area contributed by atoms with Gasteiger partial charge in [-0.05, 0) is 49.1 Å². The van der Waals surface area contributed by atoms with Crippen LogP contribution in [0, 0.1) is 5.92 Å². The summed E-state index contributed by atoms with van der Waals surface area (Å²) in [7, 11) is 0. The van der Waals surface area contributed by atoms with Gasteiger partial charge in [-0.2, -0.15) is 0 Å². The molecule has 0 radical (unpaired) electrons. The molecular weight excluding hydrogens is 326 g/mol. The summed E-state index contributed by atoms with van der Waals surface area (Å²) in [6.45, 7) is 6.53. The van der Waals surface area contributed by atoms with Crippen LogP contribution in [-0.2, 0) is 0 Å². The number of hydrogen-bond donors (Lipinski definition) is 1. The van der Waals surface area contributed by atoms with Crippen molar-refractivity contribution >= 4 is 28.8 Å². The molecule has 1 amide bonds. The molecule has 0 bridgehead atoms. The molecule has 1 heterocycles. The lowest BCUT2D eigenvalue weighted by molar-refractivity contribution is 0.0942. The molecule has 4 heteroatoms. The third-order valence-corrected chi connectivity index (χ3v) is 5.10. The maximum atomic E-state index is 12.3. The molecule has 2 nitrogen and oxygen atoms in total. The summed E-state index contributed by atoms with van der Waals surface area (Å²) in [5.41, 5.74) is 1.05. The summed E-state index contributed by atoms with van der Waals surface area (Å²) >= 11 is 7.53. The number of benzene rings is 1. The van der Waals surface area contributed by atoms with Crippen molar-refractivity contribution in [2.75, 3.05) is 0 Å². The van der Waals surface area contributed by atoms with Crippen LogP contribution in [0.25, 0.3) is 10.4 Å². The Morgan fingerprint density at radius 1 is 1.17 bits per heavy atom. The second kappa shape index (κ2) is 8.51. The second-order valence-electron chi connectivity index (χ2n) is 6.37. The highest BCUT2D eigenvalue weighted by atomic mass is 35.5. The van der Waals surface area contributed by atoms with Crippen molar-refractivity contribution in [1.29, 1.82) is 0 Å². The molecule has 1 aromatic carbocycles. The highest BCUT2D eigenvalue weighted by Crippen LogP contribution is 2.29. The molecule has 0 aliphatic carbocycles. The maximum absolute atomic E-state index is 12.3. The zero-order valence-corrected chi connectivity index (χ0v) is 15.5. The van der Waals surface area contributed by atoms with Gasteiger partial charge in [0, 0.05) is 15.9 Å². The molecule has 1 N–H and O–H groups in total. The van der Waals surface area contributed by atoms with Gasteiger partial charge in [-0.1, -0.05) is 50.4 Å².